The van der Waals surface area contributed by atoms with Gasteiger partial charge in [0.15, 0.2) is 11.6 Å². The third-order valence-corrected chi connectivity index (χ3v) is 3.50. The molecule has 1 atom stereocenters. The van der Waals surface area contributed by atoms with Crippen LogP contribution < -0.4 is 10.1 Å². The minimum atomic E-state index is -0.324. The van der Waals surface area contributed by atoms with Crippen LogP contribution in [-0.2, 0) is 6.42 Å². The lowest BCUT2D eigenvalue weighted by atomic mass is 9.98. The van der Waals surface area contributed by atoms with E-state index in [4.69, 9.17) is 4.74 Å². The van der Waals surface area contributed by atoms with Crippen LogP contribution in [-0.4, -0.2) is 13.7 Å². The van der Waals surface area contributed by atoms with Gasteiger partial charge in [-0.25, -0.2) is 4.39 Å². The fourth-order valence-corrected chi connectivity index (χ4v) is 2.37. The summed E-state index contributed by atoms with van der Waals surface area (Å²) in [4.78, 5) is 0. The Hall–Kier alpha value is -1.87. The van der Waals surface area contributed by atoms with Gasteiger partial charge in [0.1, 0.15) is 0 Å². The van der Waals surface area contributed by atoms with E-state index in [2.05, 4.69) is 24.4 Å². The molecule has 0 aliphatic carbocycles. The van der Waals surface area contributed by atoms with Crippen LogP contribution >= 0.6 is 0 Å². The van der Waals surface area contributed by atoms with Crippen LogP contribution in [0.1, 0.15) is 30.5 Å². The summed E-state index contributed by atoms with van der Waals surface area (Å²) in [6.07, 6.45) is 1.93. The van der Waals surface area contributed by atoms with Crippen LogP contribution in [0.4, 0.5) is 4.39 Å². The lowest BCUT2D eigenvalue weighted by Gasteiger charge is -2.20. The smallest absolute Gasteiger partial charge is 0.165 e. The van der Waals surface area contributed by atoms with Crippen molar-refractivity contribution < 1.29 is 9.13 Å². The van der Waals surface area contributed by atoms with E-state index in [1.807, 2.05) is 24.3 Å². The van der Waals surface area contributed by atoms with Gasteiger partial charge >= 0.3 is 0 Å². The number of hydrogen-bond acceptors (Lipinski definition) is 2. The molecule has 0 amide bonds. The first-order valence-corrected chi connectivity index (χ1v) is 7.35. The number of rotatable bonds is 7. The predicted molar refractivity (Wildman–Crippen MR) is 84.1 cm³/mol. The molecule has 2 rings (SSSR count). The van der Waals surface area contributed by atoms with Gasteiger partial charge in [-0.15, -0.1) is 0 Å². The Labute approximate surface area is 126 Å². The minimum absolute atomic E-state index is 0.154. The van der Waals surface area contributed by atoms with Crippen LogP contribution in [0.25, 0.3) is 0 Å². The molecule has 0 radical (unpaired) electrons. The fourth-order valence-electron chi connectivity index (χ4n) is 2.37. The monoisotopic (exact) mass is 287 g/mol. The summed E-state index contributed by atoms with van der Waals surface area (Å²) in [5, 5.41) is 3.53. The lowest BCUT2D eigenvalue weighted by molar-refractivity contribution is 0.384. The third kappa shape index (κ3) is 4.30. The van der Waals surface area contributed by atoms with E-state index in [-0.39, 0.29) is 11.9 Å². The lowest BCUT2D eigenvalue weighted by Crippen LogP contribution is -2.24. The van der Waals surface area contributed by atoms with Crippen LogP contribution in [0.3, 0.4) is 0 Å². The second-order valence-electron chi connectivity index (χ2n) is 5.09. The van der Waals surface area contributed by atoms with Gasteiger partial charge in [0.2, 0.25) is 0 Å². The number of benzene rings is 2. The zero-order valence-electron chi connectivity index (χ0n) is 12.6. The van der Waals surface area contributed by atoms with Crippen molar-refractivity contribution in [3.8, 4) is 5.75 Å². The van der Waals surface area contributed by atoms with Gasteiger partial charge in [-0.3, -0.25) is 0 Å². The summed E-state index contributed by atoms with van der Waals surface area (Å²) in [6, 6.07) is 15.6. The van der Waals surface area contributed by atoms with E-state index < -0.39 is 0 Å². The van der Waals surface area contributed by atoms with Crippen molar-refractivity contribution in [3.63, 3.8) is 0 Å². The number of halogens is 1. The summed E-state index contributed by atoms with van der Waals surface area (Å²) >= 11 is 0. The Balaban J connectivity index is 2.22. The topological polar surface area (TPSA) is 21.3 Å². The van der Waals surface area contributed by atoms with Crippen LogP contribution in [0.15, 0.2) is 48.5 Å². The SMILES string of the molecule is CCCNC(Cc1ccccc1)c1ccc(F)c(OC)c1. The molecule has 0 saturated heterocycles. The molecule has 0 bridgehead atoms. The van der Waals surface area contributed by atoms with Crippen molar-refractivity contribution in [2.24, 2.45) is 0 Å². The second-order valence-corrected chi connectivity index (χ2v) is 5.09. The Bertz CT molecular complexity index is 556. The highest BCUT2D eigenvalue weighted by Crippen LogP contribution is 2.25. The van der Waals surface area contributed by atoms with Crippen LogP contribution in [0.5, 0.6) is 5.75 Å². The molecular weight excluding hydrogens is 265 g/mol. The molecule has 0 spiro atoms. The molecule has 3 heteroatoms. The summed E-state index contributed by atoms with van der Waals surface area (Å²) in [6.45, 7) is 3.06. The maximum Gasteiger partial charge on any atom is 0.165 e. The van der Waals surface area contributed by atoms with E-state index in [0.717, 1.165) is 24.9 Å². The highest BCUT2D eigenvalue weighted by atomic mass is 19.1. The molecule has 2 aromatic carbocycles. The summed E-state index contributed by atoms with van der Waals surface area (Å²) in [5.41, 5.74) is 2.31. The quantitative estimate of drug-likeness (QED) is 0.827. The van der Waals surface area contributed by atoms with Gasteiger partial charge in [-0.1, -0.05) is 43.3 Å². The Morgan fingerprint density at radius 1 is 1.14 bits per heavy atom. The van der Waals surface area contributed by atoms with Crippen LogP contribution in [0, 0.1) is 5.82 Å². The van der Waals surface area contributed by atoms with E-state index >= 15 is 0 Å². The Morgan fingerprint density at radius 3 is 2.57 bits per heavy atom. The summed E-state index contributed by atoms with van der Waals surface area (Å²) < 4.78 is 18.7. The largest absolute Gasteiger partial charge is 0.494 e. The first-order chi connectivity index (χ1) is 10.2. The molecule has 1 unspecified atom stereocenters. The maximum atomic E-state index is 13.6. The van der Waals surface area contributed by atoms with E-state index in [9.17, 15) is 4.39 Å². The molecule has 1 N–H and O–H groups in total. The molecule has 112 valence electrons. The van der Waals surface area contributed by atoms with Gasteiger partial charge in [-0.05, 0) is 42.6 Å². The molecule has 0 aliphatic heterocycles. The zero-order valence-corrected chi connectivity index (χ0v) is 12.6. The van der Waals surface area contributed by atoms with Gasteiger partial charge < -0.3 is 10.1 Å². The van der Waals surface area contributed by atoms with Crippen molar-refractivity contribution in [1.29, 1.82) is 0 Å². The van der Waals surface area contributed by atoms with Crippen molar-refractivity contribution in [3.05, 3.63) is 65.5 Å². The van der Waals surface area contributed by atoms with Crippen LogP contribution in [0.2, 0.25) is 0 Å². The maximum absolute atomic E-state index is 13.6. The molecular formula is C18H22FNO. The highest BCUT2D eigenvalue weighted by molar-refractivity contribution is 5.33. The number of ether oxygens (including phenoxy) is 1. The summed E-state index contributed by atoms with van der Waals surface area (Å²) in [7, 11) is 1.49. The fraction of sp³-hybridized carbons (Fsp3) is 0.333. The van der Waals surface area contributed by atoms with Crippen molar-refractivity contribution in [1.82, 2.24) is 5.32 Å². The van der Waals surface area contributed by atoms with E-state index in [0.29, 0.717) is 5.75 Å². The average molecular weight is 287 g/mol. The van der Waals surface area contributed by atoms with Crippen molar-refractivity contribution >= 4 is 0 Å². The molecule has 0 heterocycles. The molecule has 0 fully saturated rings. The number of nitrogens with one attached hydrogen (secondary N) is 1. The Morgan fingerprint density at radius 2 is 1.90 bits per heavy atom. The summed E-state index contributed by atoms with van der Waals surface area (Å²) in [5.74, 6) is -0.0286. The van der Waals surface area contributed by atoms with Gasteiger partial charge in [0, 0.05) is 6.04 Å². The number of methoxy groups -OCH3 is 1. The second kappa shape index (κ2) is 7.79. The van der Waals surface area contributed by atoms with E-state index in [1.54, 1.807) is 6.07 Å². The van der Waals surface area contributed by atoms with Crippen molar-refractivity contribution in [2.75, 3.05) is 13.7 Å². The van der Waals surface area contributed by atoms with Gasteiger partial charge in [0.25, 0.3) is 0 Å². The molecule has 2 aromatic rings. The van der Waals surface area contributed by atoms with Crippen molar-refractivity contribution in [2.45, 2.75) is 25.8 Å². The van der Waals surface area contributed by atoms with Gasteiger partial charge in [0.05, 0.1) is 7.11 Å². The molecule has 21 heavy (non-hydrogen) atoms. The zero-order chi connectivity index (χ0) is 15.1. The Kier molecular flexibility index (Phi) is 5.76. The minimum Gasteiger partial charge on any atom is -0.494 e. The standard InChI is InChI=1S/C18H22FNO/c1-3-11-20-17(12-14-7-5-4-6-8-14)15-9-10-16(19)18(13-15)21-2/h4-10,13,17,20H,3,11-12H2,1-2H3. The molecule has 0 aliphatic rings. The predicted octanol–water partition coefficient (Wildman–Crippen LogP) is 4.12. The molecule has 2 nitrogen and oxygen atoms in total. The average Bonchev–Trinajstić information content (AvgIpc) is 2.53. The third-order valence-electron chi connectivity index (χ3n) is 3.50. The molecule has 0 aromatic heterocycles. The normalized spacial score (nSPS) is 12.1. The first kappa shape index (κ1) is 15.5. The van der Waals surface area contributed by atoms with Gasteiger partial charge in [-0.2, -0.15) is 0 Å². The van der Waals surface area contributed by atoms with E-state index in [1.165, 1.54) is 18.7 Å². The molecule has 0 saturated carbocycles. The first-order valence-electron chi connectivity index (χ1n) is 7.35. The number of hydrogen-bond donors (Lipinski definition) is 1. The highest BCUT2D eigenvalue weighted by Gasteiger charge is 2.14.